The Kier molecular flexibility index (Phi) is 6.29. The Bertz CT molecular complexity index is 1270. The number of carbonyl (C=O) groups is 1. The Morgan fingerprint density at radius 1 is 0.970 bits per heavy atom. The normalized spacial score (nSPS) is 18.2. The molecule has 0 amide bonds. The molecule has 8 heteroatoms. The first-order valence-electron chi connectivity index (χ1n) is 10.6. The summed E-state index contributed by atoms with van der Waals surface area (Å²) in [5, 5.41) is 0. The lowest BCUT2D eigenvalue weighted by atomic mass is 9.85. The zero-order chi connectivity index (χ0) is 23.5. The minimum atomic E-state index is -4.07. The molecule has 1 atom stereocenters. The highest BCUT2D eigenvalue weighted by atomic mass is 32.2. The van der Waals surface area contributed by atoms with Crippen LogP contribution in [0, 0.1) is 5.92 Å². The average molecular weight is 465 g/mol. The third-order valence-electron chi connectivity index (χ3n) is 5.19. The van der Waals surface area contributed by atoms with Crippen LogP contribution in [0.5, 0.6) is 5.75 Å². The quantitative estimate of drug-likeness (QED) is 0.367. The number of rotatable bonds is 8. The van der Waals surface area contributed by atoms with Crippen LogP contribution in [0.25, 0.3) is 0 Å². The molecule has 7 nitrogen and oxygen atoms in total. The summed E-state index contributed by atoms with van der Waals surface area (Å²) in [6.07, 6.45) is 1.98. The first-order valence-corrected chi connectivity index (χ1v) is 12.0. The van der Waals surface area contributed by atoms with Crippen molar-refractivity contribution < 1.29 is 22.1 Å². The summed E-state index contributed by atoms with van der Waals surface area (Å²) in [4.78, 5) is 22.2. The van der Waals surface area contributed by atoms with Gasteiger partial charge >= 0.3 is 16.1 Å². The van der Waals surface area contributed by atoms with Crippen LogP contribution in [0.15, 0.2) is 88.9 Å². The molecule has 0 bridgehead atoms. The lowest BCUT2D eigenvalue weighted by Crippen LogP contribution is -2.38. The summed E-state index contributed by atoms with van der Waals surface area (Å²) >= 11 is 0. The van der Waals surface area contributed by atoms with E-state index >= 15 is 0 Å². The molecule has 1 aliphatic heterocycles. The van der Waals surface area contributed by atoms with E-state index in [4.69, 9.17) is 13.9 Å². The summed E-state index contributed by atoms with van der Waals surface area (Å²) in [5.74, 6) is -0.0627. The highest BCUT2D eigenvalue weighted by Crippen LogP contribution is 2.35. The first kappa shape index (κ1) is 22.7. The number of aromatic nitrogens is 1. The van der Waals surface area contributed by atoms with Crippen molar-refractivity contribution in [2.75, 3.05) is 0 Å². The van der Waals surface area contributed by atoms with Crippen molar-refractivity contribution in [3.05, 3.63) is 90.3 Å². The average Bonchev–Trinajstić information content (AvgIpc) is 3.11. The van der Waals surface area contributed by atoms with Gasteiger partial charge < -0.3 is 8.92 Å². The second-order valence-electron chi connectivity index (χ2n) is 8.28. The molecule has 1 unspecified atom stereocenters. The van der Waals surface area contributed by atoms with Crippen LogP contribution in [0.2, 0.25) is 0 Å². The molecular weight excluding hydrogens is 440 g/mol. The summed E-state index contributed by atoms with van der Waals surface area (Å²) < 4.78 is 36.6. The highest BCUT2D eigenvalue weighted by Gasteiger charge is 2.47. The molecule has 0 radical (unpaired) electrons. The number of esters is 1. The van der Waals surface area contributed by atoms with Crippen LogP contribution >= 0.6 is 0 Å². The van der Waals surface area contributed by atoms with Gasteiger partial charge in [0.25, 0.3) is 0 Å². The zero-order valence-electron chi connectivity index (χ0n) is 18.3. The first-order chi connectivity index (χ1) is 15.8. The van der Waals surface area contributed by atoms with Crippen molar-refractivity contribution >= 4 is 22.0 Å². The van der Waals surface area contributed by atoms with E-state index in [0.29, 0.717) is 17.7 Å². The third kappa shape index (κ3) is 4.96. The van der Waals surface area contributed by atoms with E-state index in [9.17, 15) is 13.2 Å². The Hall–Kier alpha value is -3.52. The molecule has 0 spiro atoms. The second-order valence-corrected chi connectivity index (χ2v) is 9.82. The fraction of sp³-hybridized carbons (Fsp3) is 0.240. The highest BCUT2D eigenvalue weighted by molar-refractivity contribution is 7.87. The fourth-order valence-corrected chi connectivity index (χ4v) is 4.78. The minimum Gasteiger partial charge on any atom is -0.405 e. The predicted octanol–water partition coefficient (Wildman–Crippen LogP) is 4.18. The fourth-order valence-electron chi connectivity index (χ4n) is 3.80. The molecule has 0 saturated carbocycles. The van der Waals surface area contributed by atoms with E-state index in [1.54, 1.807) is 24.3 Å². The summed E-state index contributed by atoms with van der Waals surface area (Å²) in [6, 6.07) is 20.2. The number of cyclic esters (lactones) is 1. The van der Waals surface area contributed by atoms with Crippen molar-refractivity contribution in [1.82, 2.24) is 4.98 Å². The lowest BCUT2D eigenvalue weighted by Gasteiger charge is -2.24. The molecule has 0 N–H and O–H groups in total. The molecule has 1 aliphatic rings. The molecule has 2 aromatic carbocycles. The van der Waals surface area contributed by atoms with Crippen LogP contribution in [-0.2, 0) is 26.1 Å². The zero-order valence-corrected chi connectivity index (χ0v) is 19.2. The van der Waals surface area contributed by atoms with Gasteiger partial charge in [0.2, 0.25) is 5.90 Å². The van der Waals surface area contributed by atoms with Gasteiger partial charge in [0.15, 0.2) is 11.3 Å². The number of nitrogens with zero attached hydrogens (tertiary/aromatic N) is 2. The van der Waals surface area contributed by atoms with Crippen molar-refractivity contribution in [3.8, 4) is 5.75 Å². The van der Waals surface area contributed by atoms with Gasteiger partial charge in [0.05, 0.1) is 5.69 Å². The summed E-state index contributed by atoms with van der Waals surface area (Å²) in [6.45, 7) is 3.97. The van der Waals surface area contributed by atoms with E-state index in [0.717, 1.165) is 0 Å². The largest absolute Gasteiger partial charge is 0.405 e. The van der Waals surface area contributed by atoms with Gasteiger partial charge in [-0.1, -0.05) is 50.2 Å². The second kappa shape index (κ2) is 9.15. The number of carbonyl (C=O) groups excluding carboxylic acids is 1. The van der Waals surface area contributed by atoms with Gasteiger partial charge in [-0.25, -0.2) is 9.79 Å². The van der Waals surface area contributed by atoms with Crippen LogP contribution in [0.3, 0.4) is 0 Å². The van der Waals surface area contributed by atoms with Crippen LogP contribution in [-0.4, -0.2) is 30.8 Å². The van der Waals surface area contributed by atoms with Gasteiger partial charge in [-0.05, 0) is 48.7 Å². The molecule has 170 valence electrons. The van der Waals surface area contributed by atoms with Gasteiger partial charge in [-0.2, -0.15) is 8.42 Å². The van der Waals surface area contributed by atoms with Crippen molar-refractivity contribution in [2.24, 2.45) is 10.9 Å². The van der Waals surface area contributed by atoms with Crippen LogP contribution < -0.4 is 4.18 Å². The van der Waals surface area contributed by atoms with E-state index in [2.05, 4.69) is 4.98 Å². The molecule has 0 fully saturated rings. The number of benzene rings is 2. The number of ether oxygens (including phenoxy) is 1. The van der Waals surface area contributed by atoms with Crippen molar-refractivity contribution in [2.45, 2.75) is 37.1 Å². The van der Waals surface area contributed by atoms with Gasteiger partial charge in [0.1, 0.15) is 4.90 Å². The maximum absolute atomic E-state index is 13.1. The van der Waals surface area contributed by atoms with Crippen molar-refractivity contribution in [1.29, 1.82) is 0 Å². The van der Waals surface area contributed by atoms with Crippen LogP contribution in [0.4, 0.5) is 0 Å². The lowest BCUT2D eigenvalue weighted by molar-refractivity contribution is -0.139. The predicted molar refractivity (Wildman–Crippen MR) is 123 cm³/mol. The van der Waals surface area contributed by atoms with E-state index < -0.39 is 21.6 Å². The van der Waals surface area contributed by atoms with Crippen molar-refractivity contribution in [3.63, 3.8) is 0 Å². The topological polar surface area (TPSA) is 94.9 Å². The number of hydrogen-bond donors (Lipinski definition) is 0. The van der Waals surface area contributed by atoms with Gasteiger partial charge in [-0.15, -0.1) is 0 Å². The smallest absolute Gasteiger partial charge is 0.341 e. The molecule has 1 aromatic heterocycles. The number of pyridine rings is 1. The van der Waals surface area contributed by atoms with E-state index in [-0.39, 0.29) is 28.9 Å². The molecule has 2 heterocycles. The molecule has 33 heavy (non-hydrogen) atoms. The van der Waals surface area contributed by atoms with E-state index in [1.807, 2.05) is 44.2 Å². The summed E-state index contributed by atoms with van der Waals surface area (Å²) in [7, 11) is -4.07. The minimum absolute atomic E-state index is 0.0290. The monoisotopic (exact) mass is 464 g/mol. The Labute approximate surface area is 193 Å². The molecule has 0 aliphatic carbocycles. The molecule has 3 aromatic rings. The maximum Gasteiger partial charge on any atom is 0.341 e. The number of hydrogen-bond acceptors (Lipinski definition) is 7. The maximum atomic E-state index is 13.1. The SMILES string of the molecule is CC(C)CC1(Cc2ncccc2OS(=O)(=O)c2ccccc2)N=C(c2ccccc2)OC1=O. The Morgan fingerprint density at radius 3 is 2.30 bits per heavy atom. The number of aliphatic imine (C=N–C) groups is 1. The van der Waals surface area contributed by atoms with Gasteiger partial charge in [0, 0.05) is 18.2 Å². The molecule has 4 rings (SSSR count). The Morgan fingerprint density at radius 2 is 1.64 bits per heavy atom. The third-order valence-corrected chi connectivity index (χ3v) is 6.44. The van der Waals surface area contributed by atoms with Crippen LogP contribution in [0.1, 0.15) is 31.5 Å². The molecular formula is C25H24N2O5S. The standard InChI is InChI=1S/C25H24N2O5S/c1-18(2)16-25(24(28)31-23(27-25)19-10-5-3-6-11-19)17-21-22(14-9-15-26-21)32-33(29,30)20-12-7-4-8-13-20/h3-15,18H,16-17H2,1-2H3. The van der Waals surface area contributed by atoms with E-state index in [1.165, 1.54) is 24.4 Å². The Balaban J connectivity index is 1.70. The summed E-state index contributed by atoms with van der Waals surface area (Å²) in [5.41, 5.74) is -0.226. The van der Waals surface area contributed by atoms with Gasteiger partial charge in [-0.3, -0.25) is 4.98 Å². The molecule has 0 saturated heterocycles.